The van der Waals surface area contributed by atoms with E-state index in [1.54, 1.807) is 0 Å². The van der Waals surface area contributed by atoms with Gasteiger partial charge in [0.1, 0.15) is 0 Å². The van der Waals surface area contributed by atoms with E-state index in [0.717, 1.165) is 25.3 Å². The fourth-order valence-corrected chi connectivity index (χ4v) is 3.37. The Morgan fingerprint density at radius 2 is 2.06 bits per heavy atom. The first-order chi connectivity index (χ1) is 7.90. The molecule has 16 heavy (non-hydrogen) atoms. The zero-order valence-corrected chi connectivity index (χ0v) is 10.8. The molecule has 1 saturated carbocycles. The highest BCUT2D eigenvalue weighted by atomic mass is 32.1. The molecule has 1 aliphatic carbocycles. The van der Waals surface area contributed by atoms with Gasteiger partial charge in [0.2, 0.25) is 0 Å². The minimum absolute atomic E-state index is 0.758. The van der Waals surface area contributed by atoms with E-state index in [2.05, 4.69) is 5.38 Å². The molecule has 2 nitrogen and oxygen atoms in total. The predicted octanol–water partition coefficient (Wildman–Crippen LogP) is 3.47. The van der Waals surface area contributed by atoms with Crippen LogP contribution in [-0.2, 0) is 6.42 Å². The molecule has 0 spiro atoms. The smallest absolute Gasteiger partial charge is 0.0928 e. The molecule has 1 aromatic rings. The number of aryl methyl sites for hydroxylation is 1. The Bertz CT molecular complexity index is 303. The van der Waals surface area contributed by atoms with Crippen LogP contribution >= 0.6 is 11.3 Å². The summed E-state index contributed by atoms with van der Waals surface area (Å²) in [6.07, 6.45) is 10.3. The molecule has 0 radical (unpaired) electrons. The monoisotopic (exact) mass is 238 g/mol. The number of unbranched alkanes of at least 4 members (excludes halogenated alkanes) is 1. The molecule has 0 aromatic carbocycles. The Morgan fingerprint density at radius 3 is 2.81 bits per heavy atom. The first-order valence-electron chi connectivity index (χ1n) is 6.54. The lowest BCUT2D eigenvalue weighted by Crippen LogP contribution is -2.05. The summed E-state index contributed by atoms with van der Waals surface area (Å²) in [5.41, 5.74) is 6.87. The van der Waals surface area contributed by atoms with E-state index in [-0.39, 0.29) is 0 Å². The average Bonchev–Trinajstić information content (AvgIpc) is 2.79. The van der Waals surface area contributed by atoms with Crippen molar-refractivity contribution in [2.24, 2.45) is 5.73 Å². The predicted molar refractivity (Wildman–Crippen MR) is 69.9 cm³/mol. The molecule has 0 bridgehead atoms. The summed E-state index contributed by atoms with van der Waals surface area (Å²) in [4.78, 5) is 4.78. The lowest BCUT2D eigenvalue weighted by Gasteiger charge is -2.19. The van der Waals surface area contributed by atoms with Crippen LogP contribution in [0.4, 0.5) is 0 Å². The molecular weight excluding hydrogens is 216 g/mol. The largest absolute Gasteiger partial charge is 0.330 e. The third-order valence-corrected chi connectivity index (χ3v) is 4.36. The first-order valence-corrected chi connectivity index (χ1v) is 7.42. The third kappa shape index (κ3) is 3.29. The average molecular weight is 238 g/mol. The summed E-state index contributed by atoms with van der Waals surface area (Å²) in [5, 5.41) is 3.60. The summed E-state index contributed by atoms with van der Waals surface area (Å²) >= 11 is 1.84. The van der Waals surface area contributed by atoms with Gasteiger partial charge in [-0.15, -0.1) is 11.3 Å². The second-order valence-electron chi connectivity index (χ2n) is 4.75. The zero-order valence-electron chi connectivity index (χ0n) is 9.95. The zero-order chi connectivity index (χ0) is 11.2. The summed E-state index contributed by atoms with van der Waals surface area (Å²) in [6, 6.07) is 0. The Balaban J connectivity index is 1.85. The van der Waals surface area contributed by atoms with Gasteiger partial charge in [0.15, 0.2) is 0 Å². The van der Waals surface area contributed by atoms with Crippen molar-refractivity contribution in [2.75, 3.05) is 6.54 Å². The lowest BCUT2D eigenvalue weighted by atomic mass is 9.87. The molecule has 1 heterocycles. The van der Waals surface area contributed by atoms with Crippen molar-refractivity contribution in [3.63, 3.8) is 0 Å². The number of aromatic nitrogens is 1. The van der Waals surface area contributed by atoms with Crippen LogP contribution in [0.2, 0.25) is 0 Å². The highest BCUT2D eigenvalue weighted by Gasteiger charge is 2.17. The summed E-state index contributed by atoms with van der Waals surface area (Å²) < 4.78 is 0. The van der Waals surface area contributed by atoms with Crippen LogP contribution in [-0.4, -0.2) is 11.5 Å². The standard InChI is InChI=1S/C13H22N2S/c14-9-5-4-8-13-15-12(10-16-13)11-6-2-1-3-7-11/h10-11H,1-9,14H2. The van der Waals surface area contributed by atoms with Gasteiger partial charge in [0.25, 0.3) is 0 Å². The van der Waals surface area contributed by atoms with Crippen molar-refractivity contribution in [3.05, 3.63) is 16.1 Å². The number of hydrogen-bond donors (Lipinski definition) is 1. The van der Waals surface area contributed by atoms with E-state index < -0.39 is 0 Å². The maximum absolute atomic E-state index is 5.50. The molecular formula is C13H22N2S. The van der Waals surface area contributed by atoms with Crippen molar-refractivity contribution in [2.45, 2.75) is 57.3 Å². The van der Waals surface area contributed by atoms with E-state index >= 15 is 0 Å². The number of rotatable bonds is 5. The molecule has 1 fully saturated rings. The van der Waals surface area contributed by atoms with Crippen LogP contribution in [0.3, 0.4) is 0 Å². The molecule has 0 atom stereocenters. The van der Waals surface area contributed by atoms with Crippen LogP contribution in [0.15, 0.2) is 5.38 Å². The maximum Gasteiger partial charge on any atom is 0.0928 e. The van der Waals surface area contributed by atoms with Gasteiger partial charge in [-0.2, -0.15) is 0 Å². The molecule has 90 valence electrons. The normalized spacial score (nSPS) is 17.8. The molecule has 0 unspecified atom stereocenters. The Labute approximate surface area is 102 Å². The molecule has 1 aromatic heterocycles. The lowest BCUT2D eigenvalue weighted by molar-refractivity contribution is 0.437. The summed E-state index contributed by atoms with van der Waals surface area (Å²) in [5.74, 6) is 0.758. The van der Waals surface area contributed by atoms with Crippen molar-refractivity contribution in [1.29, 1.82) is 0 Å². The quantitative estimate of drug-likeness (QED) is 0.798. The van der Waals surface area contributed by atoms with E-state index in [4.69, 9.17) is 10.7 Å². The van der Waals surface area contributed by atoms with Gasteiger partial charge in [0, 0.05) is 11.3 Å². The number of nitrogens with zero attached hydrogens (tertiary/aromatic N) is 1. The second-order valence-corrected chi connectivity index (χ2v) is 5.69. The topological polar surface area (TPSA) is 38.9 Å². The van der Waals surface area contributed by atoms with Gasteiger partial charge < -0.3 is 5.73 Å². The Morgan fingerprint density at radius 1 is 1.25 bits per heavy atom. The molecule has 1 aliphatic rings. The van der Waals surface area contributed by atoms with Crippen LogP contribution in [0.5, 0.6) is 0 Å². The number of nitrogens with two attached hydrogens (primary N) is 1. The van der Waals surface area contributed by atoms with E-state index in [0.29, 0.717) is 0 Å². The van der Waals surface area contributed by atoms with Gasteiger partial charge in [-0.1, -0.05) is 19.3 Å². The Hall–Kier alpha value is -0.410. The minimum atomic E-state index is 0.758. The first kappa shape index (κ1) is 12.1. The third-order valence-electron chi connectivity index (χ3n) is 3.44. The molecule has 3 heteroatoms. The molecule has 2 N–H and O–H groups in total. The van der Waals surface area contributed by atoms with Crippen LogP contribution in [0.25, 0.3) is 0 Å². The van der Waals surface area contributed by atoms with Crippen LogP contribution in [0.1, 0.15) is 61.6 Å². The van der Waals surface area contributed by atoms with Gasteiger partial charge in [-0.05, 0) is 38.6 Å². The number of hydrogen-bond acceptors (Lipinski definition) is 3. The fraction of sp³-hybridized carbons (Fsp3) is 0.769. The van der Waals surface area contributed by atoms with E-state index in [9.17, 15) is 0 Å². The highest BCUT2D eigenvalue weighted by Crippen LogP contribution is 2.33. The minimum Gasteiger partial charge on any atom is -0.330 e. The summed E-state index contributed by atoms with van der Waals surface area (Å²) in [6.45, 7) is 0.806. The fourth-order valence-electron chi connectivity index (χ4n) is 2.45. The van der Waals surface area contributed by atoms with Crippen molar-refractivity contribution < 1.29 is 0 Å². The van der Waals surface area contributed by atoms with E-state index in [1.807, 2.05) is 11.3 Å². The van der Waals surface area contributed by atoms with Crippen molar-refractivity contribution in [3.8, 4) is 0 Å². The van der Waals surface area contributed by atoms with Crippen LogP contribution < -0.4 is 5.73 Å². The van der Waals surface area contributed by atoms with Crippen LogP contribution in [0, 0.1) is 0 Å². The molecule has 0 saturated heterocycles. The summed E-state index contributed by atoms with van der Waals surface area (Å²) in [7, 11) is 0. The highest BCUT2D eigenvalue weighted by molar-refractivity contribution is 7.09. The Kier molecular flexibility index (Phi) is 4.79. The van der Waals surface area contributed by atoms with Gasteiger partial charge in [-0.3, -0.25) is 0 Å². The molecule has 0 amide bonds. The van der Waals surface area contributed by atoms with Crippen molar-refractivity contribution >= 4 is 11.3 Å². The molecule has 0 aliphatic heterocycles. The van der Waals surface area contributed by atoms with Gasteiger partial charge in [-0.25, -0.2) is 4.98 Å². The second kappa shape index (κ2) is 6.36. The van der Waals surface area contributed by atoms with E-state index in [1.165, 1.54) is 49.2 Å². The maximum atomic E-state index is 5.50. The van der Waals surface area contributed by atoms with Gasteiger partial charge >= 0.3 is 0 Å². The SMILES string of the molecule is NCCCCc1nc(C2CCCCC2)cs1. The van der Waals surface area contributed by atoms with Crippen molar-refractivity contribution in [1.82, 2.24) is 4.98 Å². The number of thiazole rings is 1. The van der Waals surface area contributed by atoms with Gasteiger partial charge in [0.05, 0.1) is 10.7 Å². The molecule has 2 rings (SSSR count).